The Hall–Kier alpha value is -0.820. The van der Waals surface area contributed by atoms with Gasteiger partial charge in [-0.2, -0.15) is 0 Å². The summed E-state index contributed by atoms with van der Waals surface area (Å²) < 4.78 is 0. The highest BCUT2D eigenvalue weighted by molar-refractivity contribution is 5.24. The molecule has 0 aliphatic heterocycles. The highest BCUT2D eigenvalue weighted by Crippen LogP contribution is 2.30. The number of hydrogen-bond acceptors (Lipinski definition) is 1. The molecule has 1 aliphatic carbocycles. The maximum Gasteiger partial charge on any atom is 0.0294 e. The quantitative estimate of drug-likeness (QED) is 0.808. The van der Waals surface area contributed by atoms with Crippen LogP contribution in [0.5, 0.6) is 0 Å². The summed E-state index contributed by atoms with van der Waals surface area (Å²) in [5, 5.41) is 3.73. The molecule has 88 valence electrons. The van der Waals surface area contributed by atoms with Crippen LogP contribution < -0.4 is 5.32 Å². The van der Waals surface area contributed by atoms with E-state index in [0.717, 1.165) is 5.92 Å². The van der Waals surface area contributed by atoms with E-state index in [4.69, 9.17) is 0 Å². The summed E-state index contributed by atoms with van der Waals surface area (Å²) in [5.74, 6) is 0.909. The van der Waals surface area contributed by atoms with Crippen LogP contribution in [0.2, 0.25) is 0 Å². The predicted octanol–water partition coefficient (Wildman–Crippen LogP) is 3.83. The normalized spacial score (nSPS) is 20.2. The van der Waals surface area contributed by atoms with Crippen LogP contribution >= 0.6 is 0 Å². The van der Waals surface area contributed by atoms with Crippen LogP contribution in [-0.4, -0.2) is 6.04 Å². The first-order valence-corrected chi connectivity index (χ1v) is 6.49. The molecule has 2 unspecified atom stereocenters. The third-order valence-corrected chi connectivity index (χ3v) is 3.91. The Morgan fingerprint density at radius 1 is 1.25 bits per heavy atom. The molecule has 0 aromatic heterocycles. The molecular formula is C15H23N. The Bertz CT molecular complexity index is 341. The summed E-state index contributed by atoms with van der Waals surface area (Å²) in [6.07, 6.45) is 4.25. The molecule has 0 radical (unpaired) electrons. The van der Waals surface area contributed by atoms with E-state index in [9.17, 15) is 0 Å². The first-order valence-electron chi connectivity index (χ1n) is 6.49. The molecular weight excluding hydrogens is 194 g/mol. The molecule has 0 saturated heterocycles. The molecule has 1 aromatic rings. The number of benzene rings is 1. The van der Waals surface area contributed by atoms with Gasteiger partial charge in [0.1, 0.15) is 0 Å². The van der Waals surface area contributed by atoms with Crippen molar-refractivity contribution >= 4 is 0 Å². The van der Waals surface area contributed by atoms with Gasteiger partial charge in [0, 0.05) is 12.1 Å². The summed E-state index contributed by atoms with van der Waals surface area (Å²) in [6.45, 7) is 6.76. The van der Waals surface area contributed by atoms with Crippen LogP contribution in [0, 0.1) is 12.8 Å². The Labute approximate surface area is 99.3 Å². The Morgan fingerprint density at radius 2 is 2.00 bits per heavy atom. The van der Waals surface area contributed by atoms with Crippen LogP contribution in [0.15, 0.2) is 24.3 Å². The van der Waals surface area contributed by atoms with Crippen molar-refractivity contribution in [3.63, 3.8) is 0 Å². The smallest absolute Gasteiger partial charge is 0.0294 e. The van der Waals surface area contributed by atoms with E-state index >= 15 is 0 Å². The second-order valence-corrected chi connectivity index (χ2v) is 5.28. The predicted molar refractivity (Wildman–Crippen MR) is 69.5 cm³/mol. The summed E-state index contributed by atoms with van der Waals surface area (Å²) in [5.41, 5.74) is 2.76. The lowest BCUT2D eigenvalue weighted by Gasteiger charge is -2.34. The molecule has 1 N–H and O–H groups in total. The molecule has 1 heteroatoms. The maximum absolute atomic E-state index is 3.73. The molecule has 1 aromatic carbocycles. The molecule has 1 nitrogen and oxygen atoms in total. The highest BCUT2D eigenvalue weighted by atomic mass is 14.9. The van der Waals surface area contributed by atoms with Gasteiger partial charge >= 0.3 is 0 Å². The van der Waals surface area contributed by atoms with Crippen LogP contribution in [-0.2, 0) is 0 Å². The zero-order chi connectivity index (χ0) is 11.5. The average Bonchev–Trinajstić information content (AvgIpc) is 2.14. The minimum atomic E-state index is 0.468. The zero-order valence-corrected chi connectivity index (χ0v) is 10.7. The Balaban J connectivity index is 1.93. The third-order valence-electron chi connectivity index (χ3n) is 3.91. The van der Waals surface area contributed by atoms with Crippen LogP contribution in [0.1, 0.15) is 50.3 Å². The lowest BCUT2D eigenvalue weighted by Crippen LogP contribution is -2.38. The molecule has 1 saturated carbocycles. The van der Waals surface area contributed by atoms with E-state index in [1.165, 1.54) is 30.4 Å². The number of nitrogens with one attached hydrogen (secondary N) is 1. The van der Waals surface area contributed by atoms with Gasteiger partial charge in [-0.3, -0.25) is 0 Å². The molecule has 0 amide bonds. The monoisotopic (exact) mass is 217 g/mol. The zero-order valence-electron chi connectivity index (χ0n) is 10.7. The van der Waals surface area contributed by atoms with E-state index in [2.05, 4.69) is 50.4 Å². The van der Waals surface area contributed by atoms with Crippen molar-refractivity contribution < 1.29 is 0 Å². The lowest BCUT2D eigenvalue weighted by atomic mass is 9.80. The van der Waals surface area contributed by atoms with Gasteiger partial charge in [0.25, 0.3) is 0 Å². The second kappa shape index (κ2) is 5.01. The topological polar surface area (TPSA) is 12.0 Å². The van der Waals surface area contributed by atoms with Gasteiger partial charge in [-0.1, -0.05) is 36.2 Å². The maximum atomic E-state index is 3.73. The van der Waals surface area contributed by atoms with Crippen molar-refractivity contribution in [2.24, 2.45) is 5.92 Å². The van der Waals surface area contributed by atoms with Gasteiger partial charge in [-0.05, 0) is 45.1 Å². The molecule has 0 heterocycles. The summed E-state index contributed by atoms with van der Waals surface area (Å²) in [7, 11) is 0. The van der Waals surface area contributed by atoms with Crippen molar-refractivity contribution in [2.45, 2.75) is 52.1 Å². The van der Waals surface area contributed by atoms with Crippen molar-refractivity contribution in [2.75, 3.05) is 0 Å². The van der Waals surface area contributed by atoms with E-state index in [1.807, 2.05) is 0 Å². The first kappa shape index (κ1) is 11.7. The third kappa shape index (κ3) is 2.65. The molecule has 1 fully saturated rings. The minimum Gasteiger partial charge on any atom is -0.307 e. The molecule has 1 aliphatic rings. The van der Waals surface area contributed by atoms with Crippen molar-refractivity contribution in [3.05, 3.63) is 35.4 Å². The lowest BCUT2D eigenvalue weighted by molar-refractivity contribution is 0.230. The highest BCUT2D eigenvalue weighted by Gasteiger charge is 2.24. The Kier molecular flexibility index (Phi) is 3.65. The standard InChI is InChI=1S/C15H23N/c1-11-6-4-9-15(10-11)13(3)16-12(2)14-7-5-8-14/h4,6,9-10,12-14,16H,5,7-8H2,1-3H3. The van der Waals surface area contributed by atoms with Crippen molar-refractivity contribution in [1.29, 1.82) is 0 Å². The molecule has 16 heavy (non-hydrogen) atoms. The molecule has 2 atom stereocenters. The largest absolute Gasteiger partial charge is 0.307 e. The fourth-order valence-electron chi connectivity index (χ4n) is 2.51. The van der Waals surface area contributed by atoms with Crippen molar-refractivity contribution in [1.82, 2.24) is 5.32 Å². The van der Waals surface area contributed by atoms with Gasteiger partial charge in [0.2, 0.25) is 0 Å². The second-order valence-electron chi connectivity index (χ2n) is 5.28. The molecule has 0 spiro atoms. The average molecular weight is 217 g/mol. The fourth-order valence-corrected chi connectivity index (χ4v) is 2.51. The number of aryl methyl sites for hydroxylation is 1. The summed E-state index contributed by atoms with van der Waals surface area (Å²) in [4.78, 5) is 0. The molecule has 0 bridgehead atoms. The van der Waals surface area contributed by atoms with Gasteiger partial charge in [-0.15, -0.1) is 0 Å². The fraction of sp³-hybridized carbons (Fsp3) is 0.600. The Morgan fingerprint density at radius 3 is 2.56 bits per heavy atom. The van der Waals surface area contributed by atoms with Gasteiger partial charge in [0.05, 0.1) is 0 Å². The van der Waals surface area contributed by atoms with E-state index in [0.29, 0.717) is 12.1 Å². The van der Waals surface area contributed by atoms with Crippen LogP contribution in [0.4, 0.5) is 0 Å². The van der Waals surface area contributed by atoms with Gasteiger partial charge < -0.3 is 5.32 Å². The summed E-state index contributed by atoms with van der Waals surface area (Å²) in [6, 6.07) is 9.94. The minimum absolute atomic E-state index is 0.468. The van der Waals surface area contributed by atoms with Gasteiger partial charge in [0.15, 0.2) is 0 Å². The van der Waals surface area contributed by atoms with E-state index in [-0.39, 0.29) is 0 Å². The molecule has 2 rings (SSSR count). The number of rotatable bonds is 4. The van der Waals surface area contributed by atoms with Gasteiger partial charge in [-0.25, -0.2) is 0 Å². The summed E-state index contributed by atoms with van der Waals surface area (Å²) >= 11 is 0. The van der Waals surface area contributed by atoms with E-state index in [1.54, 1.807) is 0 Å². The SMILES string of the molecule is Cc1cccc(C(C)NC(C)C2CCC2)c1. The van der Waals surface area contributed by atoms with Crippen LogP contribution in [0.3, 0.4) is 0 Å². The first-order chi connectivity index (χ1) is 7.66. The number of hydrogen-bond donors (Lipinski definition) is 1. The van der Waals surface area contributed by atoms with Crippen molar-refractivity contribution in [3.8, 4) is 0 Å². The van der Waals surface area contributed by atoms with E-state index < -0.39 is 0 Å². The van der Waals surface area contributed by atoms with Crippen LogP contribution in [0.25, 0.3) is 0 Å².